The van der Waals surface area contributed by atoms with E-state index >= 15 is 4.39 Å². The minimum absolute atomic E-state index is 0.110. The number of carbonyl (C=O) groups is 1. The highest BCUT2D eigenvalue weighted by atomic mass is 19.1. The first-order valence-electron chi connectivity index (χ1n) is 11.1. The van der Waals surface area contributed by atoms with Gasteiger partial charge < -0.3 is 24.6 Å². The lowest BCUT2D eigenvalue weighted by Crippen LogP contribution is -2.29. The predicted octanol–water partition coefficient (Wildman–Crippen LogP) is 2.95. The zero-order valence-corrected chi connectivity index (χ0v) is 18.1. The van der Waals surface area contributed by atoms with E-state index in [2.05, 4.69) is 12.2 Å². The maximum atomic E-state index is 15.4. The van der Waals surface area contributed by atoms with Gasteiger partial charge in [-0.05, 0) is 30.7 Å². The molecule has 32 heavy (non-hydrogen) atoms. The monoisotopic (exact) mass is 447 g/mol. The van der Waals surface area contributed by atoms with Crippen LogP contribution >= 0.6 is 0 Å². The molecule has 1 aromatic heterocycles. The zero-order chi connectivity index (χ0) is 22.7. The molecule has 2 aromatic rings. The molecule has 0 bridgehead atoms. The molecule has 1 aromatic carbocycles. The second kappa shape index (κ2) is 7.72. The van der Waals surface area contributed by atoms with E-state index in [1.54, 1.807) is 0 Å². The summed E-state index contributed by atoms with van der Waals surface area (Å²) >= 11 is 0. The van der Waals surface area contributed by atoms with E-state index in [1.165, 1.54) is 24.5 Å². The first kappa shape index (κ1) is 21.2. The molecule has 9 heteroatoms. The number of nitrogens with zero attached hydrogens (tertiary/aromatic N) is 2. The van der Waals surface area contributed by atoms with Crippen LogP contribution in [0.2, 0.25) is 0 Å². The van der Waals surface area contributed by atoms with Crippen LogP contribution in [0.1, 0.15) is 42.6 Å². The molecule has 3 aliphatic rings. The van der Waals surface area contributed by atoms with Crippen molar-refractivity contribution in [2.45, 2.75) is 44.4 Å². The molecule has 2 heterocycles. The maximum Gasteiger partial charge on any atom is 0.341 e. The van der Waals surface area contributed by atoms with E-state index in [0.717, 1.165) is 18.8 Å². The van der Waals surface area contributed by atoms with Crippen molar-refractivity contribution in [2.75, 3.05) is 31.6 Å². The van der Waals surface area contributed by atoms with Crippen molar-refractivity contribution in [3.63, 3.8) is 0 Å². The van der Waals surface area contributed by atoms with Crippen LogP contribution in [-0.2, 0) is 0 Å². The van der Waals surface area contributed by atoms with Crippen LogP contribution < -0.4 is 20.4 Å². The number of benzene rings is 1. The topological polar surface area (TPSA) is 83.8 Å². The van der Waals surface area contributed by atoms with Crippen molar-refractivity contribution in [3.8, 4) is 5.75 Å². The lowest BCUT2D eigenvalue weighted by atomic mass is 9.98. The lowest BCUT2D eigenvalue weighted by Gasteiger charge is -2.25. The first-order chi connectivity index (χ1) is 15.3. The van der Waals surface area contributed by atoms with Crippen molar-refractivity contribution in [1.82, 2.24) is 9.88 Å². The molecule has 0 spiro atoms. The Morgan fingerprint density at radius 1 is 1.34 bits per heavy atom. The number of rotatable bonds is 7. The summed E-state index contributed by atoms with van der Waals surface area (Å²) in [5, 5.41) is 12.9. The second-order valence-corrected chi connectivity index (χ2v) is 9.36. The van der Waals surface area contributed by atoms with Gasteiger partial charge in [-0.1, -0.05) is 6.92 Å². The molecule has 0 unspecified atom stereocenters. The van der Waals surface area contributed by atoms with Crippen molar-refractivity contribution >= 4 is 22.6 Å². The molecule has 0 amide bonds. The van der Waals surface area contributed by atoms with Gasteiger partial charge in [-0.3, -0.25) is 4.79 Å². The molecule has 3 fully saturated rings. The number of alkyl halides is 1. The number of aromatic carboxylic acids is 1. The van der Waals surface area contributed by atoms with E-state index in [1.807, 2.05) is 4.90 Å². The quantitative estimate of drug-likeness (QED) is 0.679. The third kappa shape index (κ3) is 3.52. The first-order valence-corrected chi connectivity index (χ1v) is 11.1. The number of nitrogens with one attached hydrogen (secondary N) is 1. The van der Waals surface area contributed by atoms with Gasteiger partial charge in [0.2, 0.25) is 5.43 Å². The number of hydrogen-bond acceptors (Lipinski definition) is 5. The van der Waals surface area contributed by atoms with Gasteiger partial charge >= 0.3 is 5.97 Å². The zero-order valence-electron chi connectivity index (χ0n) is 18.1. The molecule has 1 saturated heterocycles. The van der Waals surface area contributed by atoms with Crippen LogP contribution in [0.4, 0.5) is 14.5 Å². The third-order valence-electron chi connectivity index (χ3n) is 7.00. The molecule has 7 nitrogen and oxygen atoms in total. The Morgan fingerprint density at radius 3 is 2.66 bits per heavy atom. The number of methoxy groups -OCH3 is 1. The van der Waals surface area contributed by atoms with Crippen molar-refractivity contribution in [1.29, 1.82) is 0 Å². The standard InChI is InChI=1S/C23H27F2N3O4/c1-11-8-27(9-12(11)7-26-13-3-4-13)20-17(25)5-14-19(22(20)32-2)28(18-6-16(18)24)10-15(21(14)29)23(30)31/h5,10-13,16,18,26H,3-4,6-9H2,1-2H3,(H,30,31)/t11-,12+,16-,18+/m0/s1. The molecule has 4 atom stereocenters. The summed E-state index contributed by atoms with van der Waals surface area (Å²) < 4.78 is 36.5. The van der Waals surface area contributed by atoms with Gasteiger partial charge in [0.15, 0.2) is 11.6 Å². The number of aromatic nitrogens is 1. The summed E-state index contributed by atoms with van der Waals surface area (Å²) in [6.07, 6.45) is 2.62. The van der Waals surface area contributed by atoms with Gasteiger partial charge in [-0.2, -0.15) is 0 Å². The van der Waals surface area contributed by atoms with E-state index < -0.39 is 35.0 Å². The van der Waals surface area contributed by atoms with E-state index in [0.29, 0.717) is 31.0 Å². The number of pyridine rings is 1. The highest BCUT2D eigenvalue weighted by Gasteiger charge is 2.42. The van der Waals surface area contributed by atoms with Gasteiger partial charge in [0.05, 0.1) is 24.1 Å². The number of ether oxygens (including phenoxy) is 1. The van der Waals surface area contributed by atoms with E-state index in [4.69, 9.17) is 4.74 Å². The van der Waals surface area contributed by atoms with Gasteiger partial charge in [0, 0.05) is 38.3 Å². The highest BCUT2D eigenvalue weighted by molar-refractivity contribution is 5.97. The van der Waals surface area contributed by atoms with Gasteiger partial charge in [0.1, 0.15) is 17.4 Å². The maximum absolute atomic E-state index is 15.4. The Kier molecular flexibility index (Phi) is 5.11. The molecule has 172 valence electrons. The summed E-state index contributed by atoms with van der Waals surface area (Å²) in [6.45, 7) is 4.25. The summed E-state index contributed by atoms with van der Waals surface area (Å²) in [7, 11) is 1.39. The van der Waals surface area contributed by atoms with Gasteiger partial charge in [-0.15, -0.1) is 0 Å². The molecule has 1 aliphatic heterocycles. The molecular formula is C23H27F2N3O4. The Bertz CT molecular complexity index is 1150. The van der Waals surface area contributed by atoms with Crippen LogP contribution in [0.3, 0.4) is 0 Å². The molecule has 2 aliphatic carbocycles. The number of anilines is 1. The number of carboxylic acids is 1. The Hall–Kier alpha value is -2.68. The third-order valence-corrected chi connectivity index (χ3v) is 7.00. The van der Waals surface area contributed by atoms with Crippen molar-refractivity contribution < 1.29 is 23.4 Å². The van der Waals surface area contributed by atoms with Crippen LogP contribution in [0.5, 0.6) is 5.75 Å². The van der Waals surface area contributed by atoms with E-state index in [-0.39, 0.29) is 28.8 Å². The Morgan fingerprint density at radius 2 is 2.06 bits per heavy atom. The lowest BCUT2D eigenvalue weighted by molar-refractivity contribution is 0.0694. The van der Waals surface area contributed by atoms with Crippen molar-refractivity contribution in [2.24, 2.45) is 11.8 Å². The van der Waals surface area contributed by atoms with Gasteiger partial charge in [0.25, 0.3) is 0 Å². The molecule has 5 rings (SSSR count). The molecule has 0 radical (unpaired) electrons. The van der Waals surface area contributed by atoms with Gasteiger partial charge in [-0.25, -0.2) is 13.6 Å². The Labute approximate surface area is 184 Å². The largest absolute Gasteiger partial charge is 0.492 e. The van der Waals surface area contributed by atoms with E-state index in [9.17, 15) is 19.1 Å². The number of fused-ring (bicyclic) bond motifs is 1. The highest BCUT2D eigenvalue weighted by Crippen LogP contribution is 2.46. The summed E-state index contributed by atoms with van der Waals surface area (Å²) in [4.78, 5) is 26.4. The fourth-order valence-corrected chi connectivity index (χ4v) is 4.87. The smallest absolute Gasteiger partial charge is 0.341 e. The van der Waals surface area contributed by atoms with Crippen molar-refractivity contribution in [3.05, 3.63) is 33.9 Å². The van der Waals surface area contributed by atoms with Crippen LogP contribution in [0.15, 0.2) is 17.1 Å². The minimum atomic E-state index is -1.43. The summed E-state index contributed by atoms with van der Waals surface area (Å²) in [5.74, 6) is -1.25. The average molecular weight is 447 g/mol. The second-order valence-electron chi connectivity index (χ2n) is 9.36. The molecule has 2 N–H and O–H groups in total. The van der Waals surface area contributed by atoms with Crippen LogP contribution in [-0.4, -0.2) is 54.6 Å². The fourth-order valence-electron chi connectivity index (χ4n) is 4.87. The average Bonchev–Trinajstić information content (AvgIpc) is 3.67. The fraction of sp³-hybridized carbons (Fsp3) is 0.565. The number of halogens is 2. The molecular weight excluding hydrogens is 420 g/mol. The normalized spacial score (nSPS) is 27.2. The Balaban J connectivity index is 1.62. The van der Waals surface area contributed by atoms with Crippen LogP contribution in [0.25, 0.3) is 10.9 Å². The number of hydrogen-bond donors (Lipinski definition) is 2. The minimum Gasteiger partial charge on any atom is -0.492 e. The molecule has 2 saturated carbocycles. The number of carboxylic acid groups (broad SMARTS) is 1. The van der Waals surface area contributed by atoms with Crippen LogP contribution in [0, 0.1) is 17.7 Å². The summed E-state index contributed by atoms with van der Waals surface area (Å²) in [6, 6.07) is 1.07. The SMILES string of the molecule is COc1c(N2C[C@@H](CNC3CC3)[C@@H](C)C2)c(F)cc2c(=O)c(C(=O)O)cn([C@@H]3C[C@@H]3F)c12. The summed E-state index contributed by atoms with van der Waals surface area (Å²) in [5.41, 5.74) is -0.819. The predicted molar refractivity (Wildman–Crippen MR) is 116 cm³/mol.